The van der Waals surface area contributed by atoms with Crippen molar-refractivity contribution in [3.63, 3.8) is 0 Å². The van der Waals surface area contributed by atoms with Gasteiger partial charge in [0.15, 0.2) is 0 Å². The van der Waals surface area contributed by atoms with Gasteiger partial charge < -0.3 is 20.4 Å². The van der Waals surface area contributed by atoms with Crippen LogP contribution >= 0.6 is 0 Å². The summed E-state index contributed by atoms with van der Waals surface area (Å²) < 4.78 is 0. The first-order valence-electron chi connectivity index (χ1n) is 24.6. The van der Waals surface area contributed by atoms with Crippen LogP contribution in [0.4, 0.5) is 0 Å². The Bertz CT molecular complexity index is 1360. The number of carboxylic acids is 2. The minimum atomic E-state index is -0.656. The van der Waals surface area contributed by atoms with Crippen molar-refractivity contribution in [2.24, 2.45) is 105 Å². The number of rotatable bonds is 12. The number of hydrogen-bond donors (Lipinski definition) is 4. The molecule has 0 heterocycles. The Morgan fingerprint density at radius 3 is 1.28 bits per heavy atom. The maximum atomic E-state index is 11.5. The molecule has 0 spiro atoms. The molecule has 8 saturated carbocycles. The lowest BCUT2D eigenvalue weighted by Gasteiger charge is -2.64. The zero-order chi connectivity index (χ0) is 40.7. The second-order valence-electron chi connectivity index (χ2n) is 23.9. The first-order valence-corrected chi connectivity index (χ1v) is 24.6. The lowest BCUT2D eigenvalue weighted by Crippen LogP contribution is -2.57. The highest BCUT2D eigenvalue weighted by Gasteiger charge is 2.64. The number of aliphatic carboxylic acids is 2. The van der Waals surface area contributed by atoms with E-state index in [1.807, 2.05) is 0 Å². The van der Waals surface area contributed by atoms with Crippen molar-refractivity contribution in [3.8, 4) is 0 Å². The van der Waals surface area contributed by atoms with Crippen molar-refractivity contribution < 1.29 is 30.0 Å². The van der Waals surface area contributed by atoms with Crippen LogP contribution in [0.5, 0.6) is 0 Å². The van der Waals surface area contributed by atoms with Gasteiger partial charge in [0.2, 0.25) is 0 Å². The third-order valence-corrected chi connectivity index (χ3v) is 21.7. The maximum absolute atomic E-state index is 11.5. The van der Waals surface area contributed by atoms with E-state index in [0.717, 1.165) is 74.0 Å². The molecule has 14 unspecified atom stereocenters. The van der Waals surface area contributed by atoms with E-state index in [1.54, 1.807) is 0 Å². The highest BCUT2D eigenvalue weighted by atomic mass is 16.4. The van der Waals surface area contributed by atoms with Gasteiger partial charge in [-0.25, -0.2) is 0 Å². The summed E-state index contributed by atoms with van der Waals surface area (Å²) in [4.78, 5) is 23.1. The number of hydrogen-bond acceptors (Lipinski definition) is 4. The molecule has 7 heteroatoms. The monoisotopic (exact) mass is 790 g/mol. The molecule has 6 nitrogen and oxygen atoms in total. The average molecular weight is 790 g/mol. The SMILES string of the molecule is C[C@H](CCC(=O)O)C1CCC2C3CC(C[B]CC4CC5C(CC[C@@]6(C)C5CCC6[C@H](C)CCC(=O)O)[C@@]5(C)CCC(O)CC45)C4CC(O)CC[C@]4(C)C3CC[C@@]21C. The standard InChI is InChI=1S/C50H82BO6/c1-29(7-13-45(54)55)37-9-11-39-35-23-31(43-25-33(52)15-19-49(43,5)41(35)17-21-47(37,39)3)27-51-28-32-24-36-40-12-10-38(30(2)8-14-46(56)57)48(40,4)22-18-42(36)50(6)20-16-34(53)26-44(32)50/h29-44,52-53H,7-28H2,1-6H3,(H,54,55)(H,56,57)/t29-,30-,31?,32?,33?,34?,35?,36?,37?,38?,39?,40?,41?,42?,43?,44?,47-,48-,49-,50-/m1/s1. The van der Waals surface area contributed by atoms with Gasteiger partial charge in [0.1, 0.15) is 7.28 Å². The molecule has 8 fully saturated rings. The molecule has 1 radical (unpaired) electrons. The molecule has 8 rings (SSSR count). The summed E-state index contributed by atoms with van der Waals surface area (Å²) in [6.07, 6.45) is 23.4. The van der Waals surface area contributed by atoms with Crippen LogP contribution in [0.2, 0.25) is 12.6 Å². The third-order valence-electron chi connectivity index (χ3n) is 21.7. The molecule has 20 atom stereocenters. The largest absolute Gasteiger partial charge is 0.481 e. The van der Waals surface area contributed by atoms with Crippen molar-refractivity contribution in [1.29, 1.82) is 0 Å². The zero-order valence-corrected chi connectivity index (χ0v) is 37.0. The van der Waals surface area contributed by atoms with Crippen molar-refractivity contribution >= 4 is 19.2 Å². The fourth-order valence-corrected chi connectivity index (χ4v) is 19.1. The number of carbonyl (C=O) groups is 2. The van der Waals surface area contributed by atoms with Gasteiger partial charge in [-0.05, 0) is 220 Å². The molecule has 57 heavy (non-hydrogen) atoms. The molecule has 8 aliphatic carbocycles. The smallest absolute Gasteiger partial charge is 0.303 e. The van der Waals surface area contributed by atoms with Crippen LogP contribution < -0.4 is 0 Å². The fraction of sp³-hybridized carbons (Fsp3) is 0.960. The summed E-state index contributed by atoms with van der Waals surface area (Å²) >= 11 is 0. The van der Waals surface area contributed by atoms with Gasteiger partial charge >= 0.3 is 11.9 Å². The van der Waals surface area contributed by atoms with E-state index in [9.17, 15) is 30.0 Å². The Morgan fingerprint density at radius 1 is 0.526 bits per heavy atom. The van der Waals surface area contributed by atoms with E-state index in [2.05, 4.69) is 48.8 Å². The molecular formula is C50H82BO6. The Balaban J connectivity index is 0.997. The molecular weight excluding hydrogens is 707 g/mol. The second-order valence-corrected chi connectivity index (χ2v) is 23.9. The summed E-state index contributed by atoms with van der Waals surface area (Å²) in [5, 5.41) is 41.3. The van der Waals surface area contributed by atoms with Crippen LogP contribution in [-0.2, 0) is 9.59 Å². The Hall–Kier alpha value is -1.08. The van der Waals surface area contributed by atoms with Crippen molar-refractivity contribution in [2.75, 3.05) is 0 Å². The van der Waals surface area contributed by atoms with Gasteiger partial charge in [-0.3, -0.25) is 9.59 Å². The highest BCUT2D eigenvalue weighted by Crippen LogP contribution is 2.72. The first kappa shape index (κ1) is 42.6. The van der Waals surface area contributed by atoms with Gasteiger partial charge in [0, 0.05) is 12.8 Å². The minimum absolute atomic E-state index is 0.163. The van der Waals surface area contributed by atoms with Gasteiger partial charge in [0.25, 0.3) is 0 Å². The van der Waals surface area contributed by atoms with E-state index in [1.165, 1.54) is 89.7 Å². The summed E-state index contributed by atoms with van der Waals surface area (Å²) in [5.41, 5.74) is 1.23. The van der Waals surface area contributed by atoms with Crippen LogP contribution in [-0.4, -0.2) is 51.9 Å². The van der Waals surface area contributed by atoms with E-state index in [-0.39, 0.29) is 12.2 Å². The fourth-order valence-electron chi connectivity index (χ4n) is 19.1. The topological polar surface area (TPSA) is 115 Å². The molecule has 0 saturated heterocycles. The van der Waals surface area contributed by atoms with E-state index in [0.29, 0.717) is 81.8 Å². The Morgan fingerprint density at radius 2 is 0.895 bits per heavy atom. The number of aliphatic hydroxyl groups excluding tert-OH is 2. The van der Waals surface area contributed by atoms with Crippen LogP contribution in [0.15, 0.2) is 0 Å². The van der Waals surface area contributed by atoms with Gasteiger partial charge in [0.05, 0.1) is 12.2 Å². The van der Waals surface area contributed by atoms with E-state index >= 15 is 0 Å². The Kier molecular flexibility index (Phi) is 12.0. The van der Waals surface area contributed by atoms with Crippen LogP contribution in [0, 0.1) is 105 Å². The third kappa shape index (κ3) is 7.32. The predicted octanol–water partition coefficient (Wildman–Crippen LogP) is 11.0. The molecule has 0 aromatic heterocycles. The van der Waals surface area contributed by atoms with Crippen molar-refractivity contribution in [2.45, 2.75) is 195 Å². The van der Waals surface area contributed by atoms with Gasteiger partial charge in [-0.15, -0.1) is 0 Å². The summed E-state index contributed by atoms with van der Waals surface area (Å²) in [6, 6.07) is 0. The van der Waals surface area contributed by atoms with Crippen molar-refractivity contribution in [3.05, 3.63) is 0 Å². The quantitative estimate of drug-likeness (QED) is 0.146. The molecule has 0 amide bonds. The summed E-state index contributed by atoms with van der Waals surface area (Å²) in [6.45, 7) is 15.2. The van der Waals surface area contributed by atoms with Crippen molar-refractivity contribution in [1.82, 2.24) is 0 Å². The van der Waals surface area contributed by atoms with Gasteiger partial charge in [-0.1, -0.05) is 54.2 Å². The highest BCUT2D eigenvalue weighted by molar-refractivity contribution is 6.35. The molecule has 0 aromatic carbocycles. The first-order chi connectivity index (χ1) is 27.0. The molecule has 0 aliphatic heterocycles. The predicted molar refractivity (Wildman–Crippen MR) is 228 cm³/mol. The average Bonchev–Trinajstić information content (AvgIpc) is 3.71. The Labute approximate surface area is 347 Å². The van der Waals surface area contributed by atoms with E-state index in [4.69, 9.17) is 0 Å². The van der Waals surface area contributed by atoms with E-state index < -0.39 is 11.9 Å². The lowest BCUT2D eigenvalue weighted by atomic mass is 9.39. The zero-order valence-electron chi connectivity index (χ0n) is 37.0. The van der Waals surface area contributed by atoms with Gasteiger partial charge in [-0.2, -0.15) is 0 Å². The number of carboxylic acid groups (broad SMARTS) is 2. The summed E-state index contributed by atoms with van der Waals surface area (Å²) in [7, 11) is 2.75. The lowest BCUT2D eigenvalue weighted by molar-refractivity contribution is -0.150. The molecule has 321 valence electrons. The van der Waals surface area contributed by atoms with Crippen LogP contribution in [0.1, 0.15) is 170 Å². The minimum Gasteiger partial charge on any atom is -0.481 e. The maximum Gasteiger partial charge on any atom is 0.303 e. The van der Waals surface area contributed by atoms with Crippen LogP contribution in [0.25, 0.3) is 0 Å². The van der Waals surface area contributed by atoms with Crippen LogP contribution in [0.3, 0.4) is 0 Å². The normalized spacial score (nSPS) is 51.2. The number of aliphatic hydroxyl groups is 2. The summed E-state index contributed by atoms with van der Waals surface area (Å²) in [5.74, 6) is 7.77. The molecule has 0 aromatic rings. The second kappa shape index (κ2) is 16.0. The molecule has 4 N–H and O–H groups in total. The molecule has 0 bridgehead atoms. The number of fused-ring (bicyclic) bond motifs is 10. The molecule has 8 aliphatic rings.